The van der Waals surface area contributed by atoms with Crippen molar-refractivity contribution in [3.05, 3.63) is 191 Å². The van der Waals surface area contributed by atoms with Crippen LogP contribution >= 0.6 is 35.3 Å². The van der Waals surface area contributed by atoms with E-state index in [0.717, 1.165) is 35.8 Å². The predicted octanol–water partition coefficient (Wildman–Crippen LogP) is 11.7. The Kier molecular flexibility index (Phi) is 11.6. The summed E-state index contributed by atoms with van der Waals surface area (Å²) >= 11 is 5.77. The van der Waals surface area contributed by atoms with Gasteiger partial charge in [-0.3, -0.25) is 0 Å². The second-order valence-electron chi connectivity index (χ2n) is 11.4. The SMILES string of the molecule is Nc1ccc(C(Cc2ccccc2SCc2ccccc2)Cc2ccccc2SCc2ccccc2)c(SCc2ccccc2)c1. The van der Waals surface area contributed by atoms with Crippen LogP contribution in [0.4, 0.5) is 5.69 Å². The highest BCUT2D eigenvalue weighted by Gasteiger charge is 2.21. The number of hydrogen-bond donors (Lipinski definition) is 1. The zero-order chi connectivity index (χ0) is 31.4. The molecule has 6 aromatic carbocycles. The largest absolute Gasteiger partial charge is 0.399 e. The second-order valence-corrected chi connectivity index (χ2v) is 14.5. The van der Waals surface area contributed by atoms with Crippen LogP contribution in [0.3, 0.4) is 0 Å². The van der Waals surface area contributed by atoms with Crippen molar-refractivity contribution in [2.75, 3.05) is 5.73 Å². The normalized spacial score (nSPS) is 11.2. The molecule has 0 aromatic heterocycles. The van der Waals surface area contributed by atoms with Crippen molar-refractivity contribution in [1.29, 1.82) is 0 Å². The molecule has 2 N–H and O–H groups in total. The monoisotopic (exact) mass is 653 g/mol. The van der Waals surface area contributed by atoms with E-state index in [-0.39, 0.29) is 5.92 Å². The molecule has 0 saturated carbocycles. The summed E-state index contributed by atoms with van der Waals surface area (Å²) in [6.07, 6.45) is 1.91. The Balaban J connectivity index is 1.32. The Morgan fingerprint density at radius 2 is 0.804 bits per heavy atom. The van der Waals surface area contributed by atoms with E-state index in [4.69, 9.17) is 5.73 Å². The molecule has 46 heavy (non-hydrogen) atoms. The lowest BCUT2D eigenvalue weighted by Gasteiger charge is -2.24. The number of anilines is 1. The van der Waals surface area contributed by atoms with Gasteiger partial charge in [0.2, 0.25) is 0 Å². The number of thioether (sulfide) groups is 3. The molecule has 0 radical (unpaired) electrons. The first-order chi connectivity index (χ1) is 22.7. The van der Waals surface area contributed by atoms with Gasteiger partial charge in [0.25, 0.3) is 0 Å². The highest BCUT2D eigenvalue weighted by Crippen LogP contribution is 2.39. The number of nitrogens with two attached hydrogens (primary N) is 1. The van der Waals surface area contributed by atoms with E-state index in [0.29, 0.717) is 0 Å². The minimum absolute atomic E-state index is 0.288. The summed E-state index contributed by atoms with van der Waals surface area (Å²) in [6, 6.07) is 56.8. The van der Waals surface area contributed by atoms with Crippen LogP contribution in [-0.4, -0.2) is 0 Å². The zero-order valence-corrected chi connectivity index (χ0v) is 28.4. The number of benzene rings is 6. The minimum Gasteiger partial charge on any atom is -0.399 e. The van der Waals surface area contributed by atoms with Crippen LogP contribution < -0.4 is 5.73 Å². The van der Waals surface area contributed by atoms with Gasteiger partial charge >= 0.3 is 0 Å². The number of nitrogen functional groups attached to an aromatic ring is 1. The Bertz CT molecular complexity index is 1720. The molecule has 0 aliphatic heterocycles. The van der Waals surface area contributed by atoms with Gasteiger partial charge < -0.3 is 5.73 Å². The van der Waals surface area contributed by atoms with Crippen LogP contribution in [-0.2, 0) is 30.1 Å². The Morgan fingerprint density at radius 1 is 0.413 bits per heavy atom. The van der Waals surface area contributed by atoms with Crippen LogP contribution in [0.1, 0.15) is 39.3 Å². The fourth-order valence-corrected chi connectivity index (χ4v) is 8.86. The molecule has 0 aliphatic carbocycles. The van der Waals surface area contributed by atoms with Gasteiger partial charge in [-0.25, -0.2) is 0 Å². The maximum Gasteiger partial charge on any atom is 0.0325 e. The summed E-state index contributed by atoms with van der Waals surface area (Å²) in [7, 11) is 0. The van der Waals surface area contributed by atoms with Crippen molar-refractivity contribution in [3.63, 3.8) is 0 Å². The summed E-state index contributed by atoms with van der Waals surface area (Å²) < 4.78 is 0. The Morgan fingerprint density at radius 3 is 1.26 bits per heavy atom. The first-order valence-corrected chi connectivity index (χ1v) is 18.7. The van der Waals surface area contributed by atoms with Gasteiger partial charge in [-0.2, -0.15) is 0 Å². The molecule has 4 heteroatoms. The molecule has 230 valence electrons. The first-order valence-electron chi connectivity index (χ1n) is 15.8. The smallest absolute Gasteiger partial charge is 0.0325 e. The third-order valence-electron chi connectivity index (χ3n) is 8.07. The van der Waals surface area contributed by atoms with Crippen molar-refractivity contribution in [1.82, 2.24) is 0 Å². The third-order valence-corrected chi connectivity index (χ3v) is 11.6. The van der Waals surface area contributed by atoms with Gasteiger partial charge in [-0.15, -0.1) is 35.3 Å². The van der Waals surface area contributed by atoms with Crippen LogP contribution in [0, 0.1) is 0 Å². The molecule has 0 aliphatic rings. The second kappa shape index (κ2) is 16.6. The average Bonchev–Trinajstić information content (AvgIpc) is 3.11. The summed E-state index contributed by atoms with van der Waals surface area (Å²) in [5, 5.41) is 0. The van der Waals surface area contributed by atoms with E-state index < -0.39 is 0 Å². The van der Waals surface area contributed by atoms with Gasteiger partial charge in [0, 0.05) is 37.6 Å². The molecular formula is C42H39NS3. The molecule has 0 amide bonds. The molecule has 6 aromatic rings. The Hall–Kier alpha value is -3.83. The van der Waals surface area contributed by atoms with Gasteiger partial charge in [0.05, 0.1) is 0 Å². The minimum atomic E-state index is 0.288. The van der Waals surface area contributed by atoms with Gasteiger partial charge in [-0.05, 0) is 76.4 Å². The van der Waals surface area contributed by atoms with Crippen molar-refractivity contribution in [2.45, 2.75) is 50.7 Å². The van der Waals surface area contributed by atoms with E-state index in [1.165, 1.54) is 48.1 Å². The van der Waals surface area contributed by atoms with E-state index in [1.54, 1.807) is 0 Å². The number of hydrogen-bond acceptors (Lipinski definition) is 4. The zero-order valence-electron chi connectivity index (χ0n) is 25.9. The van der Waals surface area contributed by atoms with E-state index >= 15 is 0 Å². The quantitative estimate of drug-likeness (QED) is 0.0934. The molecule has 0 spiro atoms. The predicted molar refractivity (Wildman–Crippen MR) is 202 cm³/mol. The lowest BCUT2D eigenvalue weighted by Crippen LogP contribution is -2.10. The van der Waals surface area contributed by atoms with Crippen LogP contribution in [0.25, 0.3) is 0 Å². The van der Waals surface area contributed by atoms with Crippen molar-refractivity contribution in [2.24, 2.45) is 0 Å². The van der Waals surface area contributed by atoms with Gasteiger partial charge in [0.1, 0.15) is 0 Å². The van der Waals surface area contributed by atoms with Crippen LogP contribution in [0.15, 0.2) is 172 Å². The molecule has 0 atom stereocenters. The van der Waals surface area contributed by atoms with E-state index in [9.17, 15) is 0 Å². The molecule has 0 fully saturated rings. The molecular weight excluding hydrogens is 615 g/mol. The van der Waals surface area contributed by atoms with Crippen LogP contribution in [0.5, 0.6) is 0 Å². The highest BCUT2D eigenvalue weighted by molar-refractivity contribution is 7.99. The lowest BCUT2D eigenvalue weighted by atomic mass is 9.86. The molecule has 6 rings (SSSR count). The average molecular weight is 654 g/mol. The summed E-state index contributed by atoms with van der Waals surface area (Å²) in [5.74, 6) is 3.12. The number of rotatable bonds is 14. The fourth-order valence-electron chi connectivity index (χ4n) is 5.67. The first kappa shape index (κ1) is 32.1. The maximum atomic E-state index is 6.42. The van der Waals surface area contributed by atoms with Crippen molar-refractivity contribution < 1.29 is 0 Å². The van der Waals surface area contributed by atoms with Crippen molar-refractivity contribution >= 4 is 41.0 Å². The Labute approximate surface area is 287 Å². The summed E-state index contributed by atoms with van der Waals surface area (Å²) in [4.78, 5) is 3.99. The van der Waals surface area contributed by atoms with E-state index in [1.807, 2.05) is 35.3 Å². The highest BCUT2D eigenvalue weighted by atomic mass is 32.2. The molecule has 0 heterocycles. The summed E-state index contributed by atoms with van der Waals surface area (Å²) in [5.41, 5.74) is 15.4. The third kappa shape index (κ3) is 9.13. The van der Waals surface area contributed by atoms with Gasteiger partial charge in [0.15, 0.2) is 0 Å². The molecule has 0 unspecified atom stereocenters. The molecule has 0 saturated heterocycles. The summed E-state index contributed by atoms with van der Waals surface area (Å²) in [6.45, 7) is 0. The standard InChI is InChI=1S/C42H39NS3/c43-38-24-25-39(42(28-38)46-31-34-18-8-3-9-19-34)37(26-35-20-10-12-22-40(35)44-29-32-14-4-1-5-15-32)27-36-21-11-13-23-41(36)45-30-33-16-6-2-7-17-33/h1-25,28,37H,26-27,29-31,43H2. The van der Waals surface area contributed by atoms with Gasteiger partial charge in [-0.1, -0.05) is 133 Å². The lowest BCUT2D eigenvalue weighted by molar-refractivity contribution is 0.656. The van der Waals surface area contributed by atoms with Crippen molar-refractivity contribution in [3.8, 4) is 0 Å². The topological polar surface area (TPSA) is 26.0 Å². The van der Waals surface area contributed by atoms with Crippen LogP contribution in [0.2, 0.25) is 0 Å². The molecule has 1 nitrogen and oxygen atoms in total. The molecule has 0 bridgehead atoms. The fraction of sp³-hybridized carbons (Fsp3) is 0.143. The maximum absolute atomic E-state index is 6.42. The van der Waals surface area contributed by atoms with E-state index in [2.05, 4.69) is 158 Å².